The largest absolute Gasteiger partial charge is 0.460 e. The van der Waals surface area contributed by atoms with Crippen molar-refractivity contribution in [3.8, 4) is 0 Å². The van der Waals surface area contributed by atoms with E-state index in [2.05, 4.69) is 0 Å². The van der Waals surface area contributed by atoms with Gasteiger partial charge in [-0.3, -0.25) is 10.1 Å². The van der Waals surface area contributed by atoms with Crippen LogP contribution in [0.5, 0.6) is 0 Å². The van der Waals surface area contributed by atoms with Crippen molar-refractivity contribution in [2.75, 3.05) is 0 Å². The van der Waals surface area contributed by atoms with Gasteiger partial charge in [0.2, 0.25) is 0 Å². The minimum Gasteiger partial charge on any atom is -0.460 e. The van der Waals surface area contributed by atoms with E-state index in [9.17, 15) is 10.1 Å². The van der Waals surface area contributed by atoms with Gasteiger partial charge in [0.25, 0.3) is 5.69 Å². The summed E-state index contributed by atoms with van der Waals surface area (Å²) in [6.07, 6.45) is 0. The Hall–Kier alpha value is -1.55. The lowest BCUT2D eigenvalue weighted by Crippen LogP contribution is -1.86. The number of nitro groups is 1. The summed E-state index contributed by atoms with van der Waals surface area (Å²) in [6.45, 7) is 1.84. The average molecular weight is 226 g/mol. The van der Waals surface area contributed by atoms with E-state index >= 15 is 0 Å². The molecule has 0 saturated carbocycles. The van der Waals surface area contributed by atoms with Gasteiger partial charge >= 0.3 is 0 Å². The quantitative estimate of drug-likeness (QED) is 0.447. The zero-order valence-corrected chi connectivity index (χ0v) is 8.75. The van der Waals surface area contributed by atoms with Gasteiger partial charge in [-0.2, -0.15) is 0 Å². The van der Waals surface area contributed by atoms with Crippen molar-refractivity contribution in [2.45, 2.75) is 12.8 Å². The first-order valence-corrected chi connectivity index (χ1v) is 4.89. The Morgan fingerprint density at radius 3 is 2.87 bits per heavy atom. The molecule has 0 unspecified atom stereocenters. The SMILES string of the molecule is Cc1c(CCl)oc2ccc([N+](=O)[O-])cc12. The van der Waals surface area contributed by atoms with Gasteiger partial charge in [-0.15, -0.1) is 11.6 Å². The number of nitro benzene ring substituents is 1. The minimum atomic E-state index is -0.424. The first-order chi connectivity index (χ1) is 7.13. The van der Waals surface area contributed by atoms with E-state index in [1.165, 1.54) is 12.1 Å². The smallest absolute Gasteiger partial charge is 0.270 e. The highest BCUT2D eigenvalue weighted by molar-refractivity contribution is 6.17. The molecule has 0 atom stereocenters. The van der Waals surface area contributed by atoms with E-state index in [0.29, 0.717) is 11.3 Å². The van der Waals surface area contributed by atoms with Crippen LogP contribution in [0, 0.1) is 17.0 Å². The average Bonchev–Trinajstić information content (AvgIpc) is 2.55. The van der Waals surface area contributed by atoms with Gasteiger partial charge in [-0.1, -0.05) is 0 Å². The minimum absolute atomic E-state index is 0.0625. The molecule has 0 aliphatic rings. The lowest BCUT2D eigenvalue weighted by Gasteiger charge is -1.91. The van der Waals surface area contributed by atoms with Crippen LogP contribution in [0.2, 0.25) is 0 Å². The van der Waals surface area contributed by atoms with Crippen LogP contribution in [0.4, 0.5) is 5.69 Å². The summed E-state index contributed by atoms with van der Waals surface area (Å²) in [5.41, 5.74) is 1.56. The Kier molecular flexibility index (Phi) is 2.36. The summed E-state index contributed by atoms with van der Waals surface area (Å²) in [5.74, 6) is 0.932. The number of hydrogen-bond donors (Lipinski definition) is 0. The van der Waals surface area contributed by atoms with Crippen molar-refractivity contribution >= 4 is 28.3 Å². The maximum absolute atomic E-state index is 10.6. The molecule has 2 rings (SSSR count). The zero-order valence-electron chi connectivity index (χ0n) is 7.99. The van der Waals surface area contributed by atoms with E-state index in [-0.39, 0.29) is 11.6 Å². The topological polar surface area (TPSA) is 56.3 Å². The number of non-ortho nitro benzene ring substituents is 1. The molecule has 0 bridgehead atoms. The number of benzene rings is 1. The third-order valence-corrected chi connectivity index (χ3v) is 2.59. The summed E-state index contributed by atoms with van der Waals surface area (Å²) in [7, 11) is 0. The number of alkyl halides is 1. The predicted octanol–water partition coefficient (Wildman–Crippen LogP) is 3.39. The van der Waals surface area contributed by atoms with Crippen molar-refractivity contribution in [3.63, 3.8) is 0 Å². The molecule has 2 aromatic rings. The molecule has 15 heavy (non-hydrogen) atoms. The van der Waals surface area contributed by atoms with Crippen LogP contribution in [-0.4, -0.2) is 4.92 Å². The van der Waals surface area contributed by atoms with Crippen LogP contribution in [-0.2, 0) is 5.88 Å². The van der Waals surface area contributed by atoms with E-state index in [4.69, 9.17) is 16.0 Å². The van der Waals surface area contributed by atoms with Crippen LogP contribution < -0.4 is 0 Å². The van der Waals surface area contributed by atoms with Gasteiger partial charge in [0.05, 0.1) is 10.8 Å². The molecule has 0 N–H and O–H groups in total. The monoisotopic (exact) mass is 225 g/mol. The molecule has 78 valence electrons. The van der Waals surface area contributed by atoms with Crippen molar-refractivity contribution in [1.82, 2.24) is 0 Å². The zero-order chi connectivity index (χ0) is 11.0. The highest BCUT2D eigenvalue weighted by Gasteiger charge is 2.13. The fraction of sp³-hybridized carbons (Fsp3) is 0.200. The second-order valence-electron chi connectivity index (χ2n) is 3.22. The van der Waals surface area contributed by atoms with Crippen LogP contribution >= 0.6 is 11.6 Å². The fourth-order valence-electron chi connectivity index (χ4n) is 1.50. The van der Waals surface area contributed by atoms with Crippen molar-refractivity contribution in [3.05, 3.63) is 39.6 Å². The van der Waals surface area contributed by atoms with Crippen molar-refractivity contribution < 1.29 is 9.34 Å². The molecule has 1 heterocycles. The van der Waals surface area contributed by atoms with Gasteiger partial charge in [0.1, 0.15) is 11.3 Å². The number of rotatable bonds is 2. The molecule has 0 aliphatic heterocycles. The van der Waals surface area contributed by atoms with Crippen LogP contribution in [0.1, 0.15) is 11.3 Å². The third-order valence-electron chi connectivity index (χ3n) is 2.35. The van der Waals surface area contributed by atoms with E-state index in [1.54, 1.807) is 6.07 Å². The van der Waals surface area contributed by atoms with Gasteiger partial charge in [0.15, 0.2) is 0 Å². The number of aryl methyl sites for hydroxylation is 1. The van der Waals surface area contributed by atoms with E-state index in [1.807, 2.05) is 6.92 Å². The molecule has 0 aliphatic carbocycles. The second-order valence-corrected chi connectivity index (χ2v) is 3.49. The number of halogens is 1. The molecule has 1 aromatic carbocycles. The van der Waals surface area contributed by atoms with Crippen LogP contribution in [0.25, 0.3) is 11.0 Å². The molecular weight excluding hydrogens is 218 g/mol. The van der Waals surface area contributed by atoms with Gasteiger partial charge in [0, 0.05) is 17.5 Å². The summed E-state index contributed by atoms with van der Waals surface area (Å²) in [5, 5.41) is 11.3. The van der Waals surface area contributed by atoms with Crippen molar-refractivity contribution in [2.24, 2.45) is 0 Å². The predicted molar refractivity (Wildman–Crippen MR) is 57.2 cm³/mol. The maximum atomic E-state index is 10.6. The standard InChI is InChI=1S/C10H8ClNO3/c1-6-8-4-7(12(13)14)2-3-9(8)15-10(6)5-11/h2-4H,5H2,1H3. The maximum Gasteiger partial charge on any atom is 0.270 e. The first-order valence-electron chi connectivity index (χ1n) is 4.36. The molecule has 0 saturated heterocycles. The van der Waals surface area contributed by atoms with Gasteiger partial charge in [-0.25, -0.2) is 0 Å². The Balaban J connectivity index is 2.70. The molecule has 5 heteroatoms. The van der Waals surface area contributed by atoms with Crippen LogP contribution in [0.15, 0.2) is 22.6 Å². The highest BCUT2D eigenvalue weighted by Crippen LogP contribution is 2.29. The summed E-state index contributed by atoms with van der Waals surface area (Å²) in [4.78, 5) is 10.2. The van der Waals surface area contributed by atoms with E-state index in [0.717, 1.165) is 10.9 Å². The first kappa shape index (κ1) is 9.98. The van der Waals surface area contributed by atoms with Gasteiger partial charge < -0.3 is 4.42 Å². The molecule has 4 nitrogen and oxygen atoms in total. The molecule has 0 radical (unpaired) electrons. The molecular formula is C10H8ClNO3. The summed E-state index contributed by atoms with van der Waals surface area (Å²) in [6, 6.07) is 4.52. The molecule has 0 spiro atoms. The van der Waals surface area contributed by atoms with Gasteiger partial charge in [-0.05, 0) is 18.6 Å². The third kappa shape index (κ3) is 1.57. The Bertz CT molecular complexity index is 533. The van der Waals surface area contributed by atoms with Crippen molar-refractivity contribution in [1.29, 1.82) is 0 Å². The number of hydrogen-bond acceptors (Lipinski definition) is 3. The lowest BCUT2D eigenvalue weighted by atomic mass is 10.1. The normalized spacial score (nSPS) is 10.8. The second kappa shape index (κ2) is 3.55. The Labute approximate surface area is 90.6 Å². The van der Waals surface area contributed by atoms with E-state index < -0.39 is 4.92 Å². The Morgan fingerprint density at radius 2 is 2.27 bits per heavy atom. The molecule has 0 fully saturated rings. The number of fused-ring (bicyclic) bond motifs is 1. The lowest BCUT2D eigenvalue weighted by molar-refractivity contribution is -0.384. The summed E-state index contributed by atoms with van der Waals surface area (Å²) >= 11 is 5.68. The fourth-order valence-corrected chi connectivity index (χ4v) is 1.76. The van der Waals surface area contributed by atoms with Crippen LogP contribution in [0.3, 0.4) is 0 Å². The highest BCUT2D eigenvalue weighted by atomic mass is 35.5. The number of furan rings is 1. The summed E-state index contributed by atoms with van der Waals surface area (Å²) < 4.78 is 5.43. The molecule has 0 amide bonds. The molecule has 1 aromatic heterocycles. The Morgan fingerprint density at radius 1 is 1.53 bits per heavy atom. The number of nitrogens with zero attached hydrogens (tertiary/aromatic N) is 1.